The Morgan fingerprint density at radius 3 is 2.81 bits per heavy atom. The molecule has 4 heteroatoms. The standard InChI is InChI=1S/C12H11NO3/c1-16-8-9-5-6-10-3-2-4-12(13(14)15)11(10)7-9/h2-7H,8H2,1H3. The van der Waals surface area contributed by atoms with Crippen molar-refractivity contribution in [3.8, 4) is 0 Å². The minimum absolute atomic E-state index is 0.135. The second-order valence-corrected chi connectivity index (χ2v) is 3.52. The first kappa shape index (κ1) is 10.6. The van der Waals surface area contributed by atoms with Gasteiger partial charge in [0.1, 0.15) is 0 Å². The summed E-state index contributed by atoms with van der Waals surface area (Å²) in [5.74, 6) is 0. The molecule has 2 aromatic rings. The largest absolute Gasteiger partial charge is 0.380 e. The molecule has 4 nitrogen and oxygen atoms in total. The number of methoxy groups -OCH3 is 1. The van der Waals surface area contributed by atoms with Gasteiger partial charge in [-0.15, -0.1) is 0 Å². The minimum Gasteiger partial charge on any atom is -0.380 e. The van der Waals surface area contributed by atoms with E-state index in [9.17, 15) is 10.1 Å². The molecule has 0 atom stereocenters. The summed E-state index contributed by atoms with van der Waals surface area (Å²) in [6.07, 6.45) is 0. The van der Waals surface area contributed by atoms with E-state index in [1.165, 1.54) is 6.07 Å². The van der Waals surface area contributed by atoms with Crippen molar-refractivity contribution in [2.24, 2.45) is 0 Å². The molecule has 0 saturated heterocycles. The zero-order valence-electron chi connectivity index (χ0n) is 8.84. The first-order valence-corrected chi connectivity index (χ1v) is 4.87. The van der Waals surface area contributed by atoms with E-state index in [2.05, 4.69) is 0 Å². The molecular weight excluding hydrogens is 206 g/mol. The number of benzene rings is 2. The SMILES string of the molecule is COCc1ccc2cccc([N+](=O)[O-])c2c1. The molecule has 0 aliphatic carbocycles. The molecule has 0 amide bonds. The Balaban J connectivity index is 2.63. The number of non-ortho nitro benzene ring substituents is 1. The highest BCUT2D eigenvalue weighted by atomic mass is 16.6. The average molecular weight is 217 g/mol. The van der Waals surface area contributed by atoms with Crippen molar-refractivity contribution in [1.82, 2.24) is 0 Å². The fourth-order valence-electron chi connectivity index (χ4n) is 1.72. The summed E-state index contributed by atoms with van der Waals surface area (Å²) >= 11 is 0. The van der Waals surface area contributed by atoms with Crippen LogP contribution in [0.3, 0.4) is 0 Å². The highest BCUT2D eigenvalue weighted by molar-refractivity contribution is 5.91. The third kappa shape index (κ3) is 1.87. The van der Waals surface area contributed by atoms with Gasteiger partial charge in [-0.2, -0.15) is 0 Å². The van der Waals surface area contributed by atoms with Crippen LogP contribution in [0, 0.1) is 10.1 Å². The fourth-order valence-corrected chi connectivity index (χ4v) is 1.72. The quantitative estimate of drug-likeness (QED) is 0.586. The summed E-state index contributed by atoms with van der Waals surface area (Å²) in [6, 6.07) is 10.7. The molecular formula is C12H11NO3. The monoisotopic (exact) mass is 217 g/mol. The highest BCUT2D eigenvalue weighted by Crippen LogP contribution is 2.26. The summed E-state index contributed by atoms with van der Waals surface area (Å²) in [4.78, 5) is 10.5. The molecule has 0 radical (unpaired) electrons. The fraction of sp³-hybridized carbons (Fsp3) is 0.167. The van der Waals surface area contributed by atoms with Gasteiger partial charge in [-0.25, -0.2) is 0 Å². The summed E-state index contributed by atoms with van der Waals surface area (Å²) < 4.78 is 5.01. The van der Waals surface area contributed by atoms with Gasteiger partial charge >= 0.3 is 0 Å². The normalized spacial score (nSPS) is 10.6. The molecule has 2 aromatic carbocycles. The van der Waals surface area contributed by atoms with E-state index in [0.717, 1.165) is 10.9 Å². The van der Waals surface area contributed by atoms with Crippen LogP contribution < -0.4 is 0 Å². The van der Waals surface area contributed by atoms with Crippen molar-refractivity contribution in [2.75, 3.05) is 7.11 Å². The van der Waals surface area contributed by atoms with Crippen molar-refractivity contribution in [3.63, 3.8) is 0 Å². The smallest absolute Gasteiger partial charge is 0.277 e. The Morgan fingerprint density at radius 1 is 1.31 bits per heavy atom. The number of hydrogen-bond donors (Lipinski definition) is 0. The molecule has 0 fully saturated rings. The molecule has 0 aliphatic rings. The van der Waals surface area contributed by atoms with Crippen LogP contribution in [0.1, 0.15) is 5.56 Å². The van der Waals surface area contributed by atoms with E-state index in [1.807, 2.05) is 18.2 Å². The molecule has 0 heterocycles. The van der Waals surface area contributed by atoms with Crippen molar-refractivity contribution in [2.45, 2.75) is 6.61 Å². The lowest BCUT2D eigenvalue weighted by Crippen LogP contribution is -1.91. The molecule has 0 bridgehead atoms. The predicted molar refractivity (Wildman–Crippen MR) is 61.3 cm³/mol. The number of fused-ring (bicyclic) bond motifs is 1. The second-order valence-electron chi connectivity index (χ2n) is 3.52. The molecule has 0 aromatic heterocycles. The van der Waals surface area contributed by atoms with Gasteiger partial charge in [-0.1, -0.05) is 24.3 Å². The summed E-state index contributed by atoms with van der Waals surface area (Å²) in [7, 11) is 1.60. The Labute approximate surface area is 92.6 Å². The van der Waals surface area contributed by atoms with Crippen molar-refractivity contribution in [1.29, 1.82) is 0 Å². The number of nitro benzene ring substituents is 1. The van der Waals surface area contributed by atoms with E-state index in [1.54, 1.807) is 19.2 Å². The molecule has 82 valence electrons. The van der Waals surface area contributed by atoms with E-state index < -0.39 is 0 Å². The van der Waals surface area contributed by atoms with Gasteiger partial charge in [0, 0.05) is 13.2 Å². The average Bonchev–Trinajstić information content (AvgIpc) is 2.28. The van der Waals surface area contributed by atoms with Crippen LogP contribution in [0.25, 0.3) is 10.8 Å². The third-order valence-electron chi connectivity index (χ3n) is 2.43. The van der Waals surface area contributed by atoms with Gasteiger partial charge in [0.05, 0.1) is 16.9 Å². The minimum atomic E-state index is -0.362. The Kier molecular flexibility index (Phi) is 2.83. The van der Waals surface area contributed by atoms with Gasteiger partial charge in [0.25, 0.3) is 5.69 Å². The van der Waals surface area contributed by atoms with E-state index >= 15 is 0 Å². The lowest BCUT2D eigenvalue weighted by molar-refractivity contribution is -0.383. The van der Waals surface area contributed by atoms with Gasteiger partial charge in [0.2, 0.25) is 0 Å². The number of ether oxygens (including phenoxy) is 1. The number of nitrogens with zero attached hydrogens (tertiary/aromatic N) is 1. The summed E-state index contributed by atoms with van der Waals surface area (Å²) in [5.41, 5.74) is 1.07. The van der Waals surface area contributed by atoms with Crippen LogP contribution in [0.15, 0.2) is 36.4 Å². The highest BCUT2D eigenvalue weighted by Gasteiger charge is 2.10. The number of hydrogen-bond acceptors (Lipinski definition) is 3. The summed E-state index contributed by atoms with van der Waals surface area (Å²) in [6.45, 7) is 0.460. The summed E-state index contributed by atoms with van der Waals surface area (Å²) in [5, 5.41) is 12.4. The van der Waals surface area contributed by atoms with Gasteiger partial charge in [-0.05, 0) is 17.0 Å². The van der Waals surface area contributed by atoms with Crippen LogP contribution >= 0.6 is 0 Å². The van der Waals surface area contributed by atoms with Crippen molar-refractivity contribution >= 4 is 16.5 Å². The molecule has 0 N–H and O–H groups in total. The number of rotatable bonds is 3. The van der Waals surface area contributed by atoms with E-state index in [0.29, 0.717) is 12.0 Å². The molecule has 0 saturated carbocycles. The zero-order chi connectivity index (χ0) is 11.5. The first-order valence-electron chi connectivity index (χ1n) is 4.87. The second kappa shape index (κ2) is 4.28. The van der Waals surface area contributed by atoms with Gasteiger partial charge < -0.3 is 4.74 Å². The third-order valence-corrected chi connectivity index (χ3v) is 2.43. The Hall–Kier alpha value is -1.94. The van der Waals surface area contributed by atoms with E-state index in [4.69, 9.17) is 4.74 Å². The molecule has 0 spiro atoms. The Morgan fingerprint density at radius 2 is 2.12 bits per heavy atom. The molecule has 0 aliphatic heterocycles. The predicted octanol–water partition coefficient (Wildman–Crippen LogP) is 2.89. The maximum absolute atomic E-state index is 10.9. The van der Waals surface area contributed by atoms with E-state index in [-0.39, 0.29) is 10.6 Å². The van der Waals surface area contributed by atoms with Crippen molar-refractivity contribution < 1.29 is 9.66 Å². The lowest BCUT2D eigenvalue weighted by Gasteiger charge is -2.03. The molecule has 0 unspecified atom stereocenters. The zero-order valence-corrected chi connectivity index (χ0v) is 8.84. The number of nitro groups is 1. The van der Waals surface area contributed by atoms with Crippen LogP contribution in [0.5, 0.6) is 0 Å². The Bertz CT molecular complexity index is 537. The first-order chi connectivity index (χ1) is 7.72. The topological polar surface area (TPSA) is 52.4 Å². The molecule has 16 heavy (non-hydrogen) atoms. The van der Waals surface area contributed by atoms with Crippen LogP contribution in [-0.4, -0.2) is 12.0 Å². The van der Waals surface area contributed by atoms with Gasteiger partial charge in [-0.3, -0.25) is 10.1 Å². The van der Waals surface area contributed by atoms with Gasteiger partial charge in [0.15, 0.2) is 0 Å². The van der Waals surface area contributed by atoms with Crippen LogP contribution in [0.2, 0.25) is 0 Å². The lowest BCUT2D eigenvalue weighted by atomic mass is 10.1. The maximum Gasteiger partial charge on any atom is 0.277 e. The van der Waals surface area contributed by atoms with Crippen LogP contribution in [0.4, 0.5) is 5.69 Å². The maximum atomic E-state index is 10.9. The van der Waals surface area contributed by atoms with Crippen molar-refractivity contribution in [3.05, 3.63) is 52.1 Å². The van der Waals surface area contributed by atoms with Crippen LogP contribution in [-0.2, 0) is 11.3 Å². The molecule has 2 rings (SSSR count).